The van der Waals surface area contributed by atoms with Crippen molar-refractivity contribution in [3.63, 3.8) is 0 Å². The van der Waals surface area contributed by atoms with Gasteiger partial charge in [-0.05, 0) is 31.2 Å². The first-order chi connectivity index (χ1) is 5.86. The predicted molar refractivity (Wildman–Crippen MR) is 53.5 cm³/mol. The Morgan fingerprint density at radius 1 is 1.58 bits per heavy atom. The standard InChI is InChI=1S/C10H15NS/c1-8(10-6-3-7-12-10)11-9-4-2-5-9/h3,6-9,11H,2,4-5H2,1H3/t8-/m0/s1. The average Bonchev–Trinajstić information content (AvgIpc) is 2.47. The Morgan fingerprint density at radius 3 is 2.92 bits per heavy atom. The minimum absolute atomic E-state index is 0.551. The molecule has 0 unspecified atom stereocenters. The van der Waals surface area contributed by atoms with Gasteiger partial charge in [-0.2, -0.15) is 0 Å². The molecule has 1 aromatic heterocycles. The summed E-state index contributed by atoms with van der Waals surface area (Å²) in [5.74, 6) is 0. The molecular formula is C10H15NS. The van der Waals surface area contributed by atoms with Crippen molar-refractivity contribution >= 4 is 11.3 Å². The summed E-state index contributed by atoms with van der Waals surface area (Å²) in [6, 6.07) is 5.68. The van der Waals surface area contributed by atoms with Gasteiger partial charge in [0, 0.05) is 17.0 Å². The molecule has 2 heteroatoms. The Kier molecular flexibility index (Phi) is 2.47. The van der Waals surface area contributed by atoms with E-state index in [2.05, 4.69) is 29.8 Å². The molecule has 0 aromatic carbocycles. The first-order valence-corrected chi connectivity index (χ1v) is 5.53. The topological polar surface area (TPSA) is 12.0 Å². The Balaban J connectivity index is 1.87. The van der Waals surface area contributed by atoms with Crippen molar-refractivity contribution in [1.29, 1.82) is 0 Å². The van der Waals surface area contributed by atoms with E-state index in [0.717, 1.165) is 6.04 Å². The second-order valence-electron chi connectivity index (χ2n) is 3.53. The van der Waals surface area contributed by atoms with Crippen molar-refractivity contribution in [3.05, 3.63) is 22.4 Å². The molecule has 0 bridgehead atoms. The van der Waals surface area contributed by atoms with Crippen LogP contribution in [0.5, 0.6) is 0 Å². The van der Waals surface area contributed by atoms with Crippen LogP contribution < -0.4 is 5.32 Å². The van der Waals surface area contributed by atoms with Gasteiger partial charge in [0.05, 0.1) is 0 Å². The molecule has 1 aliphatic rings. The van der Waals surface area contributed by atoms with Crippen LogP contribution in [0.4, 0.5) is 0 Å². The van der Waals surface area contributed by atoms with E-state index in [-0.39, 0.29) is 0 Å². The number of hydrogen-bond acceptors (Lipinski definition) is 2. The molecule has 0 amide bonds. The highest BCUT2D eigenvalue weighted by Gasteiger charge is 2.19. The molecular weight excluding hydrogens is 166 g/mol. The highest BCUT2D eigenvalue weighted by atomic mass is 32.1. The van der Waals surface area contributed by atoms with Crippen molar-refractivity contribution in [2.24, 2.45) is 0 Å². The number of thiophene rings is 1. The van der Waals surface area contributed by atoms with Gasteiger partial charge in [0.15, 0.2) is 0 Å². The van der Waals surface area contributed by atoms with Gasteiger partial charge in [-0.1, -0.05) is 12.5 Å². The summed E-state index contributed by atoms with van der Waals surface area (Å²) in [4.78, 5) is 1.46. The van der Waals surface area contributed by atoms with E-state index in [0.29, 0.717) is 6.04 Å². The van der Waals surface area contributed by atoms with Gasteiger partial charge in [0.2, 0.25) is 0 Å². The summed E-state index contributed by atoms with van der Waals surface area (Å²) < 4.78 is 0. The smallest absolute Gasteiger partial charge is 0.0388 e. The maximum Gasteiger partial charge on any atom is 0.0388 e. The highest BCUT2D eigenvalue weighted by molar-refractivity contribution is 7.10. The molecule has 12 heavy (non-hydrogen) atoms. The summed E-state index contributed by atoms with van der Waals surface area (Å²) in [7, 11) is 0. The second-order valence-corrected chi connectivity index (χ2v) is 4.51. The molecule has 1 nitrogen and oxygen atoms in total. The molecule has 1 saturated carbocycles. The Labute approximate surface area is 77.8 Å². The van der Waals surface area contributed by atoms with Gasteiger partial charge in [0.1, 0.15) is 0 Å². The van der Waals surface area contributed by atoms with E-state index in [1.807, 2.05) is 11.3 Å². The van der Waals surface area contributed by atoms with Crippen LogP contribution in [0.1, 0.15) is 37.1 Å². The fourth-order valence-electron chi connectivity index (χ4n) is 1.55. The fourth-order valence-corrected chi connectivity index (χ4v) is 2.29. The van der Waals surface area contributed by atoms with Crippen LogP contribution in [0.25, 0.3) is 0 Å². The van der Waals surface area contributed by atoms with Crippen LogP contribution in [-0.4, -0.2) is 6.04 Å². The Hall–Kier alpha value is -0.340. The average molecular weight is 181 g/mol. The lowest BCUT2D eigenvalue weighted by Crippen LogP contribution is -2.36. The molecule has 1 fully saturated rings. The largest absolute Gasteiger partial charge is 0.307 e. The molecule has 2 rings (SSSR count). The molecule has 1 aromatic rings. The summed E-state index contributed by atoms with van der Waals surface area (Å²) in [5, 5.41) is 5.78. The zero-order valence-electron chi connectivity index (χ0n) is 7.42. The van der Waals surface area contributed by atoms with Crippen molar-refractivity contribution in [2.75, 3.05) is 0 Å². The van der Waals surface area contributed by atoms with Gasteiger partial charge >= 0.3 is 0 Å². The van der Waals surface area contributed by atoms with Gasteiger partial charge in [0.25, 0.3) is 0 Å². The van der Waals surface area contributed by atoms with Crippen molar-refractivity contribution in [1.82, 2.24) is 5.32 Å². The maximum atomic E-state index is 3.63. The van der Waals surface area contributed by atoms with E-state index < -0.39 is 0 Å². The Morgan fingerprint density at radius 2 is 2.42 bits per heavy atom. The van der Waals surface area contributed by atoms with Crippen molar-refractivity contribution in [2.45, 2.75) is 38.3 Å². The summed E-state index contributed by atoms with van der Waals surface area (Å²) >= 11 is 1.85. The molecule has 1 atom stereocenters. The molecule has 0 radical (unpaired) electrons. The normalized spacial score (nSPS) is 20.4. The molecule has 0 aliphatic heterocycles. The van der Waals surface area contributed by atoms with Crippen molar-refractivity contribution in [3.8, 4) is 0 Å². The predicted octanol–water partition coefficient (Wildman–Crippen LogP) is 2.95. The molecule has 1 aliphatic carbocycles. The van der Waals surface area contributed by atoms with Crippen LogP contribution in [0.3, 0.4) is 0 Å². The van der Waals surface area contributed by atoms with E-state index in [4.69, 9.17) is 0 Å². The summed E-state index contributed by atoms with van der Waals surface area (Å²) in [6.07, 6.45) is 4.15. The highest BCUT2D eigenvalue weighted by Crippen LogP contribution is 2.24. The van der Waals surface area contributed by atoms with Crippen LogP contribution in [0, 0.1) is 0 Å². The van der Waals surface area contributed by atoms with Gasteiger partial charge in [-0.15, -0.1) is 11.3 Å². The third-order valence-corrected chi connectivity index (χ3v) is 3.62. The molecule has 1 heterocycles. The number of nitrogens with one attached hydrogen (secondary N) is 1. The zero-order valence-corrected chi connectivity index (χ0v) is 8.23. The van der Waals surface area contributed by atoms with E-state index in [9.17, 15) is 0 Å². The van der Waals surface area contributed by atoms with E-state index >= 15 is 0 Å². The summed E-state index contributed by atoms with van der Waals surface area (Å²) in [6.45, 7) is 2.25. The summed E-state index contributed by atoms with van der Waals surface area (Å²) in [5.41, 5.74) is 0. The first-order valence-electron chi connectivity index (χ1n) is 4.66. The maximum absolute atomic E-state index is 3.63. The van der Waals surface area contributed by atoms with Gasteiger partial charge in [-0.25, -0.2) is 0 Å². The first kappa shape index (κ1) is 8.27. The third-order valence-electron chi connectivity index (χ3n) is 2.56. The molecule has 66 valence electrons. The molecule has 1 N–H and O–H groups in total. The quantitative estimate of drug-likeness (QED) is 0.756. The number of hydrogen-bond donors (Lipinski definition) is 1. The van der Waals surface area contributed by atoms with Crippen molar-refractivity contribution < 1.29 is 0 Å². The van der Waals surface area contributed by atoms with Gasteiger partial charge < -0.3 is 5.32 Å². The van der Waals surface area contributed by atoms with E-state index in [1.54, 1.807) is 0 Å². The monoisotopic (exact) mass is 181 g/mol. The lowest BCUT2D eigenvalue weighted by atomic mass is 9.92. The van der Waals surface area contributed by atoms with Crippen LogP contribution in [-0.2, 0) is 0 Å². The van der Waals surface area contributed by atoms with Crippen LogP contribution >= 0.6 is 11.3 Å². The minimum Gasteiger partial charge on any atom is -0.307 e. The van der Waals surface area contributed by atoms with E-state index in [1.165, 1.54) is 24.1 Å². The third kappa shape index (κ3) is 1.70. The molecule has 0 saturated heterocycles. The fraction of sp³-hybridized carbons (Fsp3) is 0.600. The second kappa shape index (κ2) is 3.58. The van der Waals surface area contributed by atoms with Crippen LogP contribution in [0.15, 0.2) is 17.5 Å². The lowest BCUT2D eigenvalue weighted by Gasteiger charge is -2.29. The Bertz CT molecular complexity index is 226. The lowest BCUT2D eigenvalue weighted by molar-refractivity contribution is 0.315. The zero-order chi connectivity index (χ0) is 8.39. The minimum atomic E-state index is 0.551. The van der Waals surface area contributed by atoms with Crippen LogP contribution in [0.2, 0.25) is 0 Å². The SMILES string of the molecule is C[C@H](NC1CCC1)c1cccs1. The molecule has 0 spiro atoms. The van der Waals surface area contributed by atoms with Gasteiger partial charge in [-0.3, -0.25) is 0 Å². The number of rotatable bonds is 3.